The van der Waals surface area contributed by atoms with Crippen LogP contribution in [0.4, 0.5) is 0 Å². The van der Waals surface area contributed by atoms with E-state index in [9.17, 15) is 23.1 Å². The highest BCUT2D eigenvalue weighted by atomic mass is 32.3. The van der Waals surface area contributed by atoms with Gasteiger partial charge in [0, 0.05) is 10.8 Å². The van der Waals surface area contributed by atoms with Crippen LogP contribution in [0.25, 0.3) is 10.8 Å². The molecule has 2 aromatic carbocycles. The lowest BCUT2D eigenvalue weighted by Gasteiger charge is -2.24. The Balaban J connectivity index is 0.000000673. The summed E-state index contributed by atoms with van der Waals surface area (Å²) >= 11 is 0. The van der Waals surface area contributed by atoms with Gasteiger partial charge in [0.25, 0.3) is 5.91 Å². The molecule has 39 heavy (non-hydrogen) atoms. The summed E-state index contributed by atoms with van der Waals surface area (Å²) in [6, 6.07) is 14.6. The van der Waals surface area contributed by atoms with Crippen LogP contribution >= 0.6 is 0 Å². The minimum absolute atomic E-state index is 0.137. The molecule has 0 spiro atoms. The van der Waals surface area contributed by atoms with Crippen LogP contribution < -0.4 is 15.3 Å². The van der Waals surface area contributed by atoms with Gasteiger partial charge < -0.3 is 34.0 Å². The first kappa shape index (κ1) is 31.4. The summed E-state index contributed by atoms with van der Waals surface area (Å²) in [5.41, 5.74) is 0.493. The van der Waals surface area contributed by atoms with Gasteiger partial charge in [0.15, 0.2) is 11.4 Å². The third-order valence-electron chi connectivity index (χ3n) is 4.83. The Bertz CT molecular complexity index is 1380. The van der Waals surface area contributed by atoms with E-state index in [1.54, 1.807) is 25.1 Å². The van der Waals surface area contributed by atoms with Gasteiger partial charge in [-0.2, -0.15) is 8.42 Å². The molecule has 1 amide bonds. The lowest BCUT2D eigenvalue weighted by Crippen LogP contribution is -2.35. The maximum Gasteiger partial charge on any atom is 0.390 e. The third-order valence-corrected chi connectivity index (χ3v) is 5.41. The van der Waals surface area contributed by atoms with Crippen LogP contribution in [-0.4, -0.2) is 76.3 Å². The summed E-state index contributed by atoms with van der Waals surface area (Å²) in [5, 5.41) is 23.4. The Morgan fingerprint density at radius 3 is 2.26 bits per heavy atom. The molecule has 0 aliphatic carbocycles. The van der Waals surface area contributed by atoms with E-state index in [4.69, 9.17) is 14.7 Å². The van der Waals surface area contributed by atoms with E-state index in [0.29, 0.717) is 39.0 Å². The Hall–Kier alpha value is -3.82. The van der Waals surface area contributed by atoms with Crippen molar-refractivity contribution < 1.29 is 50.8 Å². The Morgan fingerprint density at radius 2 is 1.72 bits per heavy atom. The minimum atomic E-state index is -4.21. The number of fused-ring (bicyclic) bond motifs is 1. The van der Waals surface area contributed by atoms with Crippen LogP contribution in [0.3, 0.4) is 0 Å². The molecule has 13 nitrogen and oxygen atoms in total. The van der Waals surface area contributed by atoms with E-state index in [1.165, 1.54) is 0 Å². The van der Waals surface area contributed by atoms with E-state index >= 15 is 0 Å². The molecule has 0 saturated heterocycles. The minimum Gasteiger partial charge on any atom is -0.705 e. The zero-order valence-corrected chi connectivity index (χ0v) is 23.0. The number of carbonyl (C=O) groups is 2. The van der Waals surface area contributed by atoms with Crippen molar-refractivity contribution in [3.05, 3.63) is 59.9 Å². The number of pyridine rings is 1. The highest BCUT2D eigenvalue weighted by Crippen LogP contribution is 2.34. The molecule has 0 saturated carbocycles. The van der Waals surface area contributed by atoms with Crippen LogP contribution in [0, 0.1) is 0 Å². The predicted molar refractivity (Wildman–Crippen MR) is 138 cm³/mol. The fraction of sp³-hybridized carbons (Fsp3) is 0.320. The van der Waals surface area contributed by atoms with Gasteiger partial charge in [0.1, 0.15) is 30.3 Å². The summed E-state index contributed by atoms with van der Waals surface area (Å²) in [6.45, 7) is 2.10. The molecular formula is C25H31N3O10S. The van der Waals surface area contributed by atoms with Crippen molar-refractivity contribution in [2.24, 2.45) is 0 Å². The van der Waals surface area contributed by atoms with Crippen molar-refractivity contribution in [1.82, 2.24) is 10.3 Å². The zero-order chi connectivity index (χ0) is 29.2. The smallest absolute Gasteiger partial charge is 0.390 e. The van der Waals surface area contributed by atoms with Crippen molar-refractivity contribution in [2.45, 2.75) is 13.5 Å². The fourth-order valence-corrected chi connectivity index (χ4v) is 3.29. The van der Waals surface area contributed by atoms with Crippen molar-refractivity contribution in [3.63, 3.8) is 0 Å². The largest absolute Gasteiger partial charge is 0.705 e. The van der Waals surface area contributed by atoms with Gasteiger partial charge in [0.2, 0.25) is 0 Å². The lowest BCUT2D eigenvalue weighted by molar-refractivity contribution is -0.884. The average Bonchev–Trinajstić information content (AvgIpc) is 2.89. The molecule has 3 rings (SSSR count). The number of esters is 1. The van der Waals surface area contributed by atoms with Crippen molar-refractivity contribution in [3.8, 4) is 17.2 Å². The molecule has 2 N–H and O–H groups in total. The molecule has 1 aromatic heterocycles. The molecule has 14 heteroatoms. The predicted octanol–water partition coefficient (Wildman–Crippen LogP) is 1.40. The second-order valence-electron chi connectivity index (χ2n) is 8.96. The second kappa shape index (κ2) is 13.8. The third kappa shape index (κ3) is 9.77. The standard InChI is InChI=1S/C24H27N3O5.CH4O5S/c1-5-31-21(28)14-25-24(30)22-23(29)18-12-11-17(32-16-9-7-6-8-10-16)13-19(18)20(26-22)15-27(2,3)4;1-5-7(3,4)6-2/h6-13H,5,14-15H2,1-4H3,(H-,25,29,30);2H,1H3. The first-order valence-electron chi connectivity index (χ1n) is 11.5. The van der Waals surface area contributed by atoms with Crippen LogP contribution in [0.5, 0.6) is 17.2 Å². The van der Waals surface area contributed by atoms with Crippen molar-refractivity contribution in [1.29, 1.82) is 0 Å². The van der Waals surface area contributed by atoms with Gasteiger partial charge in [-0.1, -0.05) is 18.2 Å². The molecule has 0 atom stereocenters. The number of aromatic hydroxyl groups is 1. The van der Waals surface area contributed by atoms with Crippen molar-refractivity contribution >= 4 is 33.0 Å². The highest BCUT2D eigenvalue weighted by molar-refractivity contribution is 7.81. The van der Waals surface area contributed by atoms with Crippen LogP contribution in [0.15, 0.2) is 48.5 Å². The number of ether oxygens (including phenoxy) is 2. The van der Waals surface area contributed by atoms with Gasteiger partial charge >= 0.3 is 16.4 Å². The number of amides is 1. The summed E-state index contributed by atoms with van der Waals surface area (Å²) in [4.78, 5) is 28.7. The topological polar surface area (TPSA) is 173 Å². The number of rotatable bonds is 10. The summed E-state index contributed by atoms with van der Waals surface area (Å²) in [6.07, 6.45) is 0. The normalized spacial score (nSPS) is 11.3. The quantitative estimate of drug-likeness (QED) is 0.157. The molecule has 0 bridgehead atoms. The van der Waals surface area contributed by atoms with Gasteiger partial charge in [-0.3, -0.25) is 13.8 Å². The number of benzene rings is 2. The summed E-state index contributed by atoms with van der Waals surface area (Å²) in [5.74, 6) is -0.183. The molecule has 0 aliphatic rings. The number of aromatic nitrogens is 1. The lowest BCUT2D eigenvalue weighted by atomic mass is 10.1. The van der Waals surface area contributed by atoms with Gasteiger partial charge in [-0.25, -0.2) is 4.98 Å². The SMILES string of the molecule is CCOC(=O)CNC(=O)c1nc(C[N+](C)(C)C)c2cc(Oc3ccccc3)ccc2c1O.COS(=O)(=O)O[O-]. The molecule has 0 radical (unpaired) electrons. The van der Waals surface area contributed by atoms with Gasteiger partial charge in [0.05, 0.1) is 34.9 Å². The number of quaternary nitrogens is 1. The number of carbonyl (C=O) groups excluding carboxylic acids is 2. The number of nitrogens with zero attached hydrogens (tertiary/aromatic N) is 2. The molecule has 1 heterocycles. The molecule has 0 unspecified atom stereocenters. The van der Waals surface area contributed by atoms with E-state index in [0.717, 1.165) is 7.11 Å². The number of para-hydroxylation sites is 1. The van der Waals surface area contributed by atoms with Crippen LogP contribution in [0.2, 0.25) is 0 Å². The molecule has 3 aromatic rings. The Kier molecular flexibility index (Phi) is 11.1. The number of hydrogen-bond acceptors (Lipinski definition) is 11. The van der Waals surface area contributed by atoms with E-state index in [1.807, 2.05) is 51.5 Å². The zero-order valence-electron chi connectivity index (χ0n) is 22.2. The average molecular weight is 566 g/mol. The first-order chi connectivity index (χ1) is 18.3. The highest BCUT2D eigenvalue weighted by Gasteiger charge is 2.23. The summed E-state index contributed by atoms with van der Waals surface area (Å²) in [7, 11) is 2.63. The molecule has 212 valence electrons. The Morgan fingerprint density at radius 1 is 1.05 bits per heavy atom. The molecular weight excluding hydrogens is 534 g/mol. The van der Waals surface area contributed by atoms with Crippen LogP contribution in [-0.2, 0) is 35.0 Å². The van der Waals surface area contributed by atoms with E-state index < -0.39 is 22.3 Å². The molecule has 0 aliphatic heterocycles. The second-order valence-corrected chi connectivity index (χ2v) is 10.2. The fourth-order valence-electron chi connectivity index (χ4n) is 3.24. The van der Waals surface area contributed by atoms with E-state index in [2.05, 4.69) is 18.8 Å². The van der Waals surface area contributed by atoms with Crippen molar-refractivity contribution in [2.75, 3.05) is 41.4 Å². The van der Waals surface area contributed by atoms with Crippen LogP contribution in [0.1, 0.15) is 23.1 Å². The van der Waals surface area contributed by atoms with Gasteiger partial charge in [-0.05, 0) is 37.3 Å². The summed E-state index contributed by atoms with van der Waals surface area (Å²) < 4.78 is 36.6. The maximum atomic E-state index is 12.7. The van der Waals surface area contributed by atoms with E-state index in [-0.39, 0.29) is 24.6 Å². The number of nitrogens with one attached hydrogen (secondary N) is 1. The Labute approximate surface area is 226 Å². The number of hydrogen-bond donors (Lipinski definition) is 2. The molecule has 0 fully saturated rings. The maximum absolute atomic E-state index is 12.7. The van der Waals surface area contributed by atoms with Gasteiger partial charge in [-0.15, -0.1) is 0 Å². The first-order valence-corrected chi connectivity index (χ1v) is 12.9. The monoisotopic (exact) mass is 565 g/mol.